The molecular weight excluding hydrogens is 321 g/mol. The Morgan fingerprint density at radius 2 is 2.00 bits per heavy atom. The fourth-order valence-electron chi connectivity index (χ4n) is 2.92. The molecule has 2 aromatic carbocycles. The smallest absolute Gasteiger partial charge is 0.319 e. The number of hydrogen-bond donors (Lipinski definition) is 2. The second-order valence-corrected chi connectivity index (χ2v) is 6.26. The van der Waals surface area contributed by atoms with Crippen LogP contribution < -0.4 is 15.5 Å². The number of amides is 3. The number of rotatable bonds is 4. The van der Waals surface area contributed by atoms with Crippen molar-refractivity contribution in [2.24, 2.45) is 5.92 Å². The van der Waals surface area contributed by atoms with Crippen LogP contribution in [-0.4, -0.2) is 25.0 Å². The molecule has 2 N–H and O–H groups in total. The Labute approximate surface area is 145 Å². The van der Waals surface area contributed by atoms with Crippen molar-refractivity contribution in [3.8, 4) is 0 Å². The van der Waals surface area contributed by atoms with Gasteiger partial charge in [0.1, 0.15) is 5.82 Å². The maximum Gasteiger partial charge on any atom is 0.319 e. The number of hydrogen-bond acceptors (Lipinski definition) is 2. The summed E-state index contributed by atoms with van der Waals surface area (Å²) < 4.78 is 13.0. The molecule has 6 heteroatoms. The van der Waals surface area contributed by atoms with Crippen LogP contribution in [-0.2, 0) is 4.79 Å². The van der Waals surface area contributed by atoms with E-state index in [1.807, 2.05) is 31.2 Å². The van der Waals surface area contributed by atoms with E-state index in [0.29, 0.717) is 25.2 Å². The highest BCUT2D eigenvalue weighted by molar-refractivity contribution is 5.96. The zero-order valence-corrected chi connectivity index (χ0v) is 14.0. The van der Waals surface area contributed by atoms with Gasteiger partial charge in [-0.2, -0.15) is 0 Å². The Morgan fingerprint density at radius 3 is 2.72 bits per heavy atom. The molecule has 3 amide bonds. The van der Waals surface area contributed by atoms with Crippen molar-refractivity contribution in [2.75, 3.05) is 23.3 Å². The zero-order valence-electron chi connectivity index (χ0n) is 14.0. The molecule has 130 valence electrons. The third kappa shape index (κ3) is 4.35. The van der Waals surface area contributed by atoms with Gasteiger partial charge < -0.3 is 15.5 Å². The van der Waals surface area contributed by atoms with Crippen molar-refractivity contribution in [2.45, 2.75) is 13.3 Å². The number of anilines is 2. The molecular formula is C19H20FN3O2. The summed E-state index contributed by atoms with van der Waals surface area (Å²) in [6.45, 7) is 2.87. The molecule has 0 aromatic heterocycles. The minimum Gasteiger partial charge on any atom is -0.338 e. The molecule has 0 spiro atoms. The van der Waals surface area contributed by atoms with Crippen LogP contribution in [0.2, 0.25) is 0 Å². The summed E-state index contributed by atoms with van der Waals surface area (Å²) in [6, 6.07) is 13.1. The largest absolute Gasteiger partial charge is 0.338 e. The van der Waals surface area contributed by atoms with Crippen molar-refractivity contribution in [1.29, 1.82) is 0 Å². The number of urea groups is 1. The summed E-state index contributed by atoms with van der Waals surface area (Å²) >= 11 is 0. The minimum absolute atomic E-state index is 0.0162. The SMILES string of the molecule is Cc1cccc(NC(=O)NCC2CC(=O)N(c3ccc(F)cc3)C2)c1. The predicted molar refractivity (Wildman–Crippen MR) is 95.1 cm³/mol. The van der Waals surface area contributed by atoms with E-state index in [2.05, 4.69) is 10.6 Å². The van der Waals surface area contributed by atoms with Crippen LogP contribution in [0.1, 0.15) is 12.0 Å². The number of halogens is 1. The Morgan fingerprint density at radius 1 is 1.24 bits per heavy atom. The van der Waals surface area contributed by atoms with Crippen LogP contribution in [0.3, 0.4) is 0 Å². The van der Waals surface area contributed by atoms with E-state index in [4.69, 9.17) is 0 Å². The first kappa shape index (κ1) is 17.0. The Kier molecular flexibility index (Phi) is 4.97. The quantitative estimate of drug-likeness (QED) is 0.896. The van der Waals surface area contributed by atoms with Gasteiger partial charge in [-0.3, -0.25) is 4.79 Å². The molecule has 1 saturated heterocycles. The van der Waals surface area contributed by atoms with Gasteiger partial charge in [0.25, 0.3) is 0 Å². The van der Waals surface area contributed by atoms with E-state index in [0.717, 1.165) is 11.3 Å². The first-order chi connectivity index (χ1) is 12.0. The maximum atomic E-state index is 13.0. The molecule has 2 aromatic rings. The molecule has 1 aliphatic rings. The predicted octanol–water partition coefficient (Wildman–Crippen LogP) is 3.31. The number of carbonyl (C=O) groups is 2. The molecule has 25 heavy (non-hydrogen) atoms. The van der Waals surface area contributed by atoms with Gasteiger partial charge in [0, 0.05) is 36.8 Å². The number of aryl methyl sites for hydroxylation is 1. The molecule has 1 atom stereocenters. The highest BCUT2D eigenvalue weighted by Gasteiger charge is 2.30. The first-order valence-electron chi connectivity index (χ1n) is 8.19. The van der Waals surface area contributed by atoms with Crippen molar-refractivity contribution < 1.29 is 14.0 Å². The summed E-state index contributed by atoms with van der Waals surface area (Å²) in [4.78, 5) is 25.8. The Balaban J connectivity index is 1.51. The third-order valence-corrected chi connectivity index (χ3v) is 4.17. The highest BCUT2D eigenvalue weighted by Crippen LogP contribution is 2.24. The van der Waals surface area contributed by atoms with Crippen molar-refractivity contribution in [3.05, 3.63) is 59.9 Å². The lowest BCUT2D eigenvalue weighted by Crippen LogP contribution is -2.34. The zero-order chi connectivity index (χ0) is 17.8. The van der Waals surface area contributed by atoms with Crippen LogP contribution in [0.25, 0.3) is 0 Å². The average molecular weight is 341 g/mol. The molecule has 5 nitrogen and oxygen atoms in total. The Hall–Kier alpha value is -2.89. The fourth-order valence-corrected chi connectivity index (χ4v) is 2.92. The van der Waals surface area contributed by atoms with Crippen LogP contribution in [0, 0.1) is 18.7 Å². The van der Waals surface area contributed by atoms with E-state index in [1.165, 1.54) is 12.1 Å². The topological polar surface area (TPSA) is 61.4 Å². The fraction of sp³-hybridized carbons (Fsp3) is 0.263. The second kappa shape index (κ2) is 7.34. The van der Waals surface area contributed by atoms with Gasteiger partial charge in [0.2, 0.25) is 5.91 Å². The second-order valence-electron chi connectivity index (χ2n) is 6.26. The standard InChI is InChI=1S/C19H20FN3O2/c1-13-3-2-4-16(9-13)22-19(25)21-11-14-10-18(24)23(12-14)17-7-5-15(20)6-8-17/h2-9,14H,10-12H2,1H3,(H2,21,22,25). The lowest BCUT2D eigenvalue weighted by molar-refractivity contribution is -0.117. The average Bonchev–Trinajstić information content (AvgIpc) is 2.95. The van der Waals surface area contributed by atoms with Crippen molar-refractivity contribution in [3.63, 3.8) is 0 Å². The lowest BCUT2D eigenvalue weighted by atomic mass is 10.1. The van der Waals surface area contributed by atoms with Gasteiger partial charge >= 0.3 is 6.03 Å². The van der Waals surface area contributed by atoms with Gasteiger partial charge in [0.05, 0.1) is 0 Å². The van der Waals surface area contributed by atoms with Gasteiger partial charge in [-0.25, -0.2) is 9.18 Å². The van der Waals surface area contributed by atoms with E-state index < -0.39 is 0 Å². The lowest BCUT2D eigenvalue weighted by Gasteiger charge is -2.17. The van der Waals surface area contributed by atoms with E-state index in [-0.39, 0.29) is 23.7 Å². The van der Waals surface area contributed by atoms with Crippen LogP contribution in [0.5, 0.6) is 0 Å². The van der Waals surface area contributed by atoms with Crippen molar-refractivity contribution in [1.82, 2.24) is 5.32 Å². The summed E-state index contributed by atoms with van der Waals surface area (Å²) in [5.74, 6) is -0.320. The molecule has 0 radical (unpaired) electrons. The van der Waals surface area contributed by atoms with Crippen LogP contribution in [0.4, 0.5) is 20.6 Å². The number of benzene rings is 2. The minimum atomic E-state index is -0.332. The van der Waals surface area contributed by atoms with Gasteiger partial charge in [-0.15, -0.1) is 0 Å². The number of nitrogens with zero attached hydrogens (tertiary/aromatic N) is 1. The van der Waals surface area contributed by atoms with Crippen LogP contribution in [0.15, 0.2) is 48.5 Å². The van der Waals surface area contributed by atoms with E-state index >= 15 is 0 Å². The molecule has 0 bridgehead atoms. The monoisotopic (exact) mass is 341 g/mol. The van der Waals surface area contributed by atoms with Crippen LogP contribution >= 0.6 is 0 Å². The summed E-state index contributed by atoms with van der Waals surface area (Å²) in [7, 11) is 0. The maximum absolute atomic E-state index is 13.0. The van der Waals surface area contributed by atoms with Gasteiger partial charge in [-0.05, 0) is 48.9 Å². The highest BCUT2D eigenvalue weighted by atomic mass is 19.1. The molecule has 3 rings (SSSR count). The summed E-state index contributed by atoms with van der Waals surface area (Å²) in [5, 5.41) is 5.58. The molecule has 1 fully saturated rings. The molecule has 0 saturated carbocycles. The number of carbonyl (C=O) groups excluding carboxylic acids is 2. The molecule has 1 heterocycles. The molecule has 0 aliphatic carbocycles. The molecule has 1 unspecified atom stereocenters. The third-order valence-electron chi connectivity index (χ3n) is 4.17. The van der Waals surface area contributed by atoms with E-state index in [1.54, 1.807) is 17.0 Å². The normalized spacial score (nSPS) is 16.8. The first-order valence-corrected chi connectivity index (χ1v) is 8.19. The van der Waals surface area contributed by atoms with E-state index in [9.17, 15) is 14.0 Å². The number of nitrogens with one attached hydrogen (secondary N) is 2. The van der Waals surface area contributed by atoms with Crippen molar-refractivity contribution >= 4 is 23.3 Å². The summed E-state index contributed by atoms with van der Waals surface area (Å²) in [6.07, 6.45) is 0.363. The summed E-state index contributed by atoms with van der Waals surface area (Å²) in [5.41, 5.74) is 2.47. The Bertz CT molecular complexity index is 776. The van der Waals surface area contributed by atoms with Gasteiger partial charge in [0.15, 0.2) is 0 Å². The van der Waals surface area contributed by atoms with Gasteiger partial charge in [-0.1, -0.05) is 12.1 Å². The molecule has 1 aliphatic heterocycles.